The van der Waals surface area contributed by atoms with Crippen molar-refractivity contribution in [2.24, 2.45) is 0 Å². The van der Waals surface area contributed by atoms with E-state index >= 15 is 0 Å². The van der Waals surface area contributed by atoms with Gasteiger partial charge in [0.2, 0.25) is 5.28 Å². The lowest BCUT2D eigenvalue weighted by atomic mass is 10.2. The summed E-state index contributed by atoms with van der Waals surface area (Å²) in [7, 11) is 1.61. The normalized spacial score (nSPS) is 11.4. The van der Waals surface area contributed by atoms with Crippen LogP contribution in [0.15, 0.2) is 33.9 Å². The first-order valence-electron chi connectivity index (χ1n) is 10.8. The number of imidazole rings is 1. The van der Waals surface area contributed by atoms with Crippen LogP contribution in [0.25, 0.3) is 22.6 Å². The molecular weight excluding hydrogens is 448 g/mol. The number of halogens is 1. The number of H-pyrrole nitrogens is 1. The minimum Gasteiger partial charge on any atom is -0.497 e. The van der Waals surface area contributed by atoms with Gasteiger partial charge in [-0.2, -0.15) is 4.98 Å². The van der Waals surface area contributed by atoms with Crippen LogP contribution < -0.4 is 16.0 Å². The number of tetrazole rings is 1. The van der Waals surface area contributed by atoms with Gasteiger partial charge in [-0.25, -0.2) is 9.48 Å². The van der Waals surface area contributed by atoms with Crippen molar-refractivity contribution in [1.29, 1.82) is 0 Å². The second-order valence-electron chi connectivity index (χ2n) is 7.63. The summed E-state index contributed by atoms with van der Waals surface area (Å²) in [6.07, 6.45) is 2.98. The van der Waals surface area contributed by atoms with Crippen molar-refractivity contribution in [3.63, 3.8) is 0 Å². The van der Waals surface area contributed by atoms with E-state index in [0.29, 0.717) is 37.4 Å². The van der Waals surface area contributed by atoms with Gasteiger partial charge in [-0.15, -0.1) is 5.10 Å². The molecule has 0 aliphatic heterocycles. The zero-order chi connectivity index (χ0) is 23.4. The molecule has 0 amide bonds. The van der Waals surface area contributed by atoms with Crippen molar-refractivity contribution in [2.75, 3.05) is 7.11 Å². The molecule has 0 bridgehead atoms. The molecule has 0 unspecified atom stereocenters. The average molecular weight is 473 g/mol. The first kappa shape index (κ1) is 22.7. The topological polar surface area (TPSA) is 126 Å². The van der Waals surface area contributed by atoms with Crippen LogP contribution in [0.3, 0.4) is 0 Å². The number of hydrogen-bond acceptors (Lipinski definition) is 7. The zero-order valence-corrected chi connectivity index (χ0v) is 19.2. The third kappa shape index (κ3) is 4.68. The Morgan fingerprint density at radius 3 is 2.48 bits per heavy atom. The third-order valence-corrected chi connectivity index (χ3v) is 5.63. The van der Waals surface area contributed by atoms with Crippen molar-refractivity contribution in [3.8, 4) is 17.1 Å². The molecule has 0 aliphatic carbocycles. The van der Waals surface area contributed by atoms with E-state index in [1.54, 1.807) is 11.8 Å². The largest absolute Gasteiger partial charge is 0.497 e. The van der Waals surface area contributed by atoms with E-state index in [2.05, 4.69) is 25.5 Å². The Labute approximate surface area is 194 Å². The van der Waals surface area contributed by atoms with Crippen molar-refractivity contribution in [2.45, 2.75) is 52.2 Å². The minimum absolute atomic E-state index is 0.0919. The summed E-state index contributed by atoms with van der Waals surface area (Å²) in [5, 5.41) is 12.1. The molecule has 0 saturated heterocycles. The van der Waals surface area contributed by atoms with Crippen LogP contribution in [0.2, 0.25) is 5.28 Å². The Balaban J connectivity index is 1.49. The number of aromatic nitrogens is 8. The third-order valence-electron chi connectivity index (χ3n) is 5.45. The maximum absolute atomic E-state index is 13.0. The van der Waals surface area contributed by atoms with Crippen LogP contribution >= 0.6 is 11.6 Å². The summed E-state index contributed by atoms with van der Waals surface area (Å²) in [4.78, 5) is 32.8. The molecule has 1 aromatic carbocycles. The molecule has 0 spiro atoms. The van der Waals surface area contributed by atoms with E-state index in [1.807, 2.05) is 31.2 Å². The molecule has 0 saturated carbocycles. The Hall–Kier alpha value is -3.47. The highest BCUT2D eigenvalue weighted by Crippen LogP contribution is 2.20. The Bertz CT molecular complexity index is 1350. The maximum atomic E-state index is 13.0. The fourth-order valence-electron chi connectivity index (χ4n) is 3.69. The number of nitrogens with one attached hydrogen (secondary N) is 1. The highest BCUT2D eigenvalue weighted by Gasteiger charge is 2.17. The highest BCUT2D eigenvalue weighted by atomic mass is 35.5. The predicted octanol–water partition coefficient (Wildman–Crippen LogP) is 2.48. The molecule has 11 nitrogen and oxygen atoms in total. The lowest BCUT2D eigenvalue weighted by Crippen LogP contribution is -2.40. The number of fused-ring (bicyclic) bond motifs is 1. The number of nitrogens with zero attached hydrogens (tertiary/aromatic N) is 7. The monoisotopic (exact) mass is 472 g/mol. The summed E-state index contributed by atoms with van der Waals surface area (Å²) in [6, 6.07) is 7.48. The second kappa shape index (κ2) is 9.99. The SMILES string of the molecule is CCCCn1c(=O)n(CCCCn2nnnc2-c2ccc(OC)cc2)c(=O)c2[nH]c(Cl)nc21. The van der Waals surface area contributed by atoms with Crippen molar-refractivity contribution < 1.29 is 4.74 Å². The molecule has 12 heteroatoms. The van der Waals surface area contributed by atoms with E-state index in [-0.39, 0.29) is 23.0 Å². The van der Waals surface area contributed by atoms with Gasteiger partial charge in [0.1, 0.15) is 5.75 Å². The van der Waals surface area contributed by atoms with Crippen LogP contribution in [0.1, 0.15) is 32.6 Å². The summed E-state index contributed by atoms with van der Waals surface area (Å²) in [6.45, 7) is 3.33. The Morgan fingerprint density at radius 1 is 1.03 bits per heavy atom. The summed E-state index contributed by atoms with van der Waals surface area (Å²) in [5.74, 6) is 1.40. The average Bonchev–Trinajstić information content (AvgIpc) is 3.45. The molecule has 3 aromatic heterocycles. The number of unbranched alkanes of at least 4 members (excludes halogenated alkanes) is 2. The van der Waals surface area contributed by atoms with Gasteiger partial charge >= 0.3 is 5.69 Å². The van der Waals surface area contributed by atoms with Gasteiger partial charge in [-0.05, 0) is 65.6 Å². The molecule has 174 valence electrons. The van der Waals surface area contributed by atoms with Crippen LogP contribution in [0, 0.1) is 0 Å². The maximum Gasteiger partial charge on any atom is 0.332 e. The Morgan fingerprint density at radius 2 is 1.76 bits per heavy atom. The van der Waals surface area contributed by atoms with E-state index < -0.39 is 5.56 Å². The van der Waals surface area contributed by atoms with Crippen LogP contribution in [0.4, 0.5) is 0 Å². The summed E-state index contributed by atoms with van der Waals surface area (Å²) in [5.41, 5.74) is 0.641. The van der Waals surface area contributed by atoms with Gasteiger partial charge in [0, 0.05) is 25.2 Å². The van der Waals surface area contributed by atoms with E-state index in [1.165, 1.54) is 9.13 Å². The Kier molecular flexibility index (Phi) is 6.87. The molecule has 4 rings (SSSR count). The first-order valence-corrected chi connectivity index (χ1v) is 11.2. The van der Waals surface area contributed by atoms with Gasteiger partial charge in [-0.1, -0.05) is 13.3 Å². The molecule has 1 N–H and O–H groups in total. The van der Waals surface area contributed by atoms with Crippen LogP contribution in [0.5, 0.6) is 5.75 Å². The van der Waals surface area contributed by atoms with Gasteiger partial charge in [0.15, 0.2) is 17.0 Å². The summed E-state index contributed by atoms with van der Waals surface area (Å²) >= 11 is 5.97. The number of hydrogen-bond donors (Lipinski definition) is 1. The second-order valence-corrected chi connectivity index (χ2v) is 7.99. The number of benzene rings is 1. The molecule has 0 radical (unpaired) electrons. The molecule has 0 atom stereocenters. The molecule has 4 aromatic rings. The number of methoxy groups -OCH3 is 1. The predicted molar refractivity (Wildman–Crippen MR) is 124 cm³/mol. The number of aromatic amines is 1. The molecule has 3 heterocycles. The summed E-state index contributed by atoms with van der Waals surface area (Å²) < 4.78 is 9.66. The van der Waals surface area contributed by atoms with Gasteiger partial charge < -0.3 is 9.72 Å². The number of aryl methyl sites for hydroxylation is 2. The molecular formula is C21H25ClN8O3. The van der Waals surface area contributed by atoms with Crippen molar-refractivity contribution >= 4 is 22.8 Å². The number of ether oxygens (including phenoxy) is 1. The molecule has 33 heavy (non-hydrogen) atoms. The fourth-order valence-corrected chi connectivity index (χ4v) is 3.86. The van der Waals surface area contributed by atoms with Crippen molar-refractivity contribution in [1.82, 2.24) is 39.3 Å². The minimum atomic E-state index is -0.413. The van der Waals surface area contributed by atoms with Gasteiger partial charge in [0.25, 0.3) is 5.56 Å². The van der Waals surface area contributed by atoms with Gasteiger partial charge in [0.05, 0.1) is 7.11 Å². The fraction of sp³-hybridized carbons (Fsp3) is 0.429. The molecule has 0 aliphatic rings. The zero-order valence-electron chi connectivity index (χ0n) is 18.5. The van der Waals surface area contributed by atoms with Gasteiger partial charge in [-0.3, -0.25) is 13.9 Å². The van der Waals surface area contributed by atoms with E-state index in [9.17, 15) is 9.59 Å². The first-order chi connectivity index (χ1) is 16.0. The highest BCUT2D eigenvalue weighted by molar-refractivity contribution is 6.28. The standard InChI is InChI=1S/C21H25ClN8O3/c1-3-4-11-28-18-16(23-20(22)24-18)19(31)29(21(28)32)12-5-6-13-30-17(25-26-27-30)14-7-9-15(33-2)10-8-14/h7-10H,3-6,11-13H2,1-2H3,(H,23,24). The lowest BCUT2D eigenvalue weighted by Gasteiger charge is -2.11. The van der Waals surface area contributed by atoms with E-state index in [0.717, 1.165) is 24.2 Å². The number of rotatable bonds is 10. The molecule has 0 fully saturated rings. The van der Waals surface area contributed by atoms with Crippen molar-refractivity contribution in [3.05, 3.63) is 50.4 Å². The van der Waals surface area contributed by atoms with Crippen LogP contribution in [-0.4, -0.2) is 46.4 Å². The quantitative estimate of drug-likeness (QED) is 0.277. The smallest absolute Gasteiger partial charge is 0.332 e. The lowest BCUT2D eigenvalue weighted by molar-refractivity contribution is 0.415. The van der Waals surface area contributed by atoms with E-state index in [4.69, 9.17) is 16.3 Å². The van der Waals surface area contributed by atoms with Crippen LogP contribution in [-0.2, 0) is 19.6 Å².